The zero-order chi connectivity index (χ0) is 9.56. The van der Waals surface area contributed by atoms with Crippen molar-refractivity contribution in [2.45, 2.75) is 38.7 Å². The molecule has 0 bridgehead atoms. The lowest BCUT2D eigenvalue weighted by Crippen LogP contribution is -2.05. The summed E-state index contributed by atoms with van der Waals surface area (Å²) in [7, 11) is 0. The average molecular weight is 172 g/mol. The van der Waals surface area contributed by atoms with E-state index in [0.717, 1.165) is 6.42 Å². The van der Waals surface area contributed by atoms with Crippen molar-refractivity contribution < 1.29 is 15.0 Å². The molecule has 3 heteroatoms. The lowest BCUT2D eigenvalue weighted by molar-refractivity contribution is -0.132. The zero-order valence-corrected chi connectivity index (χ0v) is 7.42. The van der Waals surface area contributed by atoms with Crippen LogP contribution in [0.2, 0.25) is 0 Å². The van der Waals surface area contributed by atoms with Gasteiger partial charge in [-0.05, 0) is 25.7 Å². The van der Waals surface area contributed by atoms with Gasteiger partial charge in [-0.15, -0.1) is 0 Å². The lowest BCUT2D eigenvalue weighted by Gasteiger charge is -2.06. The van der Waals surface area contributed by atoms with E-state index in [1.165, 1.54) is 0 Å². The first kappa shape index (κ1) is 11.2. The van der Waals surface area contributed by atoms with E-state index >= 15 is 0 Å². The van der Waals surface area contributed by atoms with Gasteiger partial charge in [-0.2, -0.15) is 0 Å². The monoisotopic (exact) mass is 172 g/mol. The maximum absolute atomic E-state index is 10.3. The summed E-state index contributed by atoms with van der Waals surface area (Å²) in [6.45, 7) is 5.30. The van der Waals surface area contributed by atoms with E-state index in [-0.39, 0.29) is 11.7 Å². The summed E-state index contributed by atoms with van der Waals surface area (Å²) in [5.74, 6) is -0.944. The molecule has 0 aromatic rings. The summed E-state index contributed by atoms with van der Waals surface area (Å²) >= 11 is 0. The van der Waals surface area contributed by atoms with Crippen molar-refractivity contribution in [3.63, 3.8) is 0 Å². The van der Waals surface area contributed by atoms with Crippen LogP contribution in [0.25, 0.3) is 0 Å². The van der Waals surface area contributed by atoms with Crippen molar-refractivity contribution >= 4 is 5.97 Å². The number of aliphatic carboxylic acids is 1. The van der Waals surface area contributed by atoms with Crippen molar-refractivity contribution in [1.29, 1.82) is 0 Å². The topological polar surface area (TPSA) is 57.5 Å². The molecule has 0 aliphatic heterocycles. The highest BCUT2D eigenvalue weighted by Gasteiger charge is 2.05. The summed E-state index contributed by atoms with van der Waals surface area (Å²) in [6.07, 6.45) is 2.24. The number of carbonyl (C=O) groups is 1. The van der Waals surface area contributed by atoms with Gasteiger partial charge in [-0.1, -0.05) is 13.5 Å². The van der Waals surface area contributed by atoms with Gasteiger partial charge in [-0.25, -0.2) is 4.79 Å². The van der Waals surface area contributed by atoms with Crippen LogP contribution in [0.5, 0.6) is 0 Å². The van der Waals surface area contributed by atoms with Crippen LogP contribution in [0, 0.1) is 0 Å². The van der Waals surface area contributed by atoms with Gasteiger partial charge in [0.1, 0.15) is 0 Å². The van der Waals surface area contributed by atoms with E-state index in [9.17, 15) is 4.79 Å². The third kappa shape index (κ3) is 4.91. The molecule has 0 saturated heterocycles. The van der Waals surface area contributed by atoms with Gasteiger partial charge < -0.3 is 10.2 Å². The summed E-state index contributed by atoms with van der Waals surface area (Å²) in [4.78, 5) is 10.3. The van der Waals surface area contributed by atoms with Gasteiger partial charge in [0.25, 0.3) is 0 Å². The minimum absolute atomic E-state index is 0.221. The average Bonchev–Trinajstić information content (AvgIpc) is 2.03. The van der Waals surface area contributed by atoms with Gasteiger partial charge in [0.2, 0.25) is 0 Å². The first-order chi connectivity index (χ1) is 5.57. The van der Waals surface area contributed by atoms with Crippen LogP contribution < -0.4 is 0 Å². The molecule has 2 N–H and O–H groups in total. The number of carboxylic acid groups (broad SMARTS) is 1. The molecule has 0 aromatic heterocycles. The van der Waals surface area contributed by atoms with Gasteiger partial charge in [0, 0.05) is 5.57 Å². The van der Waals surface area contributed by atoms with Gasteiger partial charge in [0.05, 0.1) is 6.10 Å². The standard InChI is InChI=1S/C9H16O3/c1-3-8(10)6-4-5-7(2)9(11)12/h8,10H,2-6H2,1H3,(H,11,12)/t8-/m1/s1. The quantitative estimate of drug-likeness (QED) is 0.598. The van der Waals surface area contributed by atoms with Crippen molar-refractivity contribution in [2.24, 2.45) is 0 Å². The predicted molar refractivity (Wildman–Crippen MR) is 46.9 cm³/mol. The van der Waals surface area contributed by atoms with E-state index < -0.39 is 5.97 Å². The summed E-state index contributed by atoms with van der Waals surface area (Å²) < 4.78 is 0. The van der Waals surface area contributed by atoms with Crippen LogP contribution in [-0.4, -0.2) is 22.3 Å². The highest BCUT2D eigenvalue weighted by atomic mass is 16.4. The molecule has 0 heterocycles. The van der Waals surface area contributed by atoms with E-state index in [0.29, 0.717) is 19.3 Å². The number of carboxylic acids is 1. The predicted octanol–water partition coefficient (Wildman–Crippen LogP) is 1.57. The van der Waals surface area contributed by atoms with E-state index in [1.807, 2.05) is 6.92 Å². The molecule has 0 aliphatic rings. The van der Waals surface area contributed by atoms with E-state index in [1.54, 1.807) is 0 Å². The Morgan fingerprint density at radius 1 is 1.58 bits per heavy atom. The number of aliphatic hydroxyl groups excluding tert-OH is 1. The minimum atomic E-state index is -0.944. The van der Waals surface area contributed by atoms with Crippen molar-refractivity contribution in [3.05, 3.63) is 12.2 Å². The second-order valence-electron chi connectivity index (χ2n) is 2.86. The Morgan fingerprint density at radius 2 is 2.17 bits per heavy atom. The van der Waals surface area contributed by atoms with Crippen molar-refractivity contribution in [2.75, 3.05) is 0 Å². The number of aliphatic hydroxyl groups is 1. The molecule has 0 amide bonds. The molecule has 0 fully saturated rings. The van der Waals surface area contributed by atoms with E-state index in [2.05, 4.69) is 6.58 Å². The normalized spacial score (nSPS) is 12.5. The summed E-state index contributed by atoms with van der Waals surface area (Å²) in [5.41, 5.74) is 0.221. The largest absolute Gasteiger partial charge is 0.478 e. The maximum Gasteiger partial charge on any atom is 0.330 e. The highest BCUT2D eigenvalue weighted by Crippen LogP contribution is 2.08. The molecule has 0 aliphatic carbocycles. The Kier molecular flexibility index (Phi) is 5.37. The second kappa shape index (κ2) is 5.77. The zero-order valence-electron chi connectivity index (χ0n) is 7.42. The fraction of sp³-hybridized carbons (Fsp3) is 0.667. The first-order valence-corrected chi connectivity index (χ1v) is 4.17. The molecule has 3 nitrogen and oxygen atoms in total. The van der Waals surface area contributed by atoms with Gasteiger partial charge in [-0.3, -0.25) is 0 Å². The Morgan fingerprint density at radius 3 is 2.58 bits per heavy atom. The molecule has 0 unspecified atom stereocenters. The van der Waals surface area contributed by atoms with Gasteiger partial charge in [0.15, 0.2) is 0 Å². The molecular weight excluding hydrogens is 156 g/mol. The van der Waals surface area contributed by atoms with Crippen LogP contribution in [0.4, 0.5) is 0 Å². The summed E-state index contributed by atoms with van der Waals surface area (Å²) in [6, 6.07) is 0. The lowest BCUT2D eigenvalue weighted by atomic mass is 10.1. The number of rotatable bonds is 6. The molecule has 0 saturated carbocycles. The Hall–Kier alpha value is -0.830. The highest BCUT2D eigenvalue weighted by molar-refractivity contribution is 5.85. The molecule has 1 atom stereocenters. The SMILES string of the molecule is C=C(CCC[C@H](O)CC)C(=O)O. The maximum atomic E-state index is 10.3. The third-order valence-corrected chi connectivity index (χ3v) is 1.79. The number of hydrogen-bond donors (Lipinski definition) is 2. The molecule has 12 heavy (non-hydrogen) atoms. The smallest absolute Gasteiger partial charge is 0.330 e. The molecule has 0 rings (SSSR count). The Balaban J connectivity index is 3.44. The Labute approximate surface area is 72.7 Å². The molecule has 0 spiro atoms. The van der Waals surface area contributed by atoms with Crippen LogP contribution in [0.1, 0.15) is 32.6 Å². The summed E-state index contributed by atoms with van der Waals surface area (Å²) in [5, 5.41) is 17.6. The second-order valence-corrected chi connectivity index (χ2v) is 2.86. The first-order valence-electron chi connectivity index (χ1n) is 4.17. The molecule has 70 valence electrons. The third-order valence-electron chi connectivity index (χ3n) is 1.79. The minimum Gasteiger partial charge on any atom is -0.478 e. The van der Waals surface area contributed by atoms with Crippen LogP contribution in [0.15, 0.2) is 12.2 Å². The molecular formula is C9H16O3. The molecule has 0 radical (unpaired) electrons. The fourth-order valence-electron chi connectivity index (χ4n) is 0.862. The fourth-order valence-corrected chi connectivity index (χ4v) is 0.862. The van der Waals surface area contributed by atoms with Crippen LogP contribution >= 0.6 is 0 Å². The van der Waals surface area contributed by atoms with E-state index in [4.69, 9.17) is 10.2 Å². The Bertz CT molecular complexity index is 163. The van der Waals surface area contributed by atoms with Crippen LogP contribution in [0.3, 0.4) is 0 Å². The van der Waals surface area contributed by atoms with Gasteiger partial charge >= 0.3 is 5.97 Å². The van der Waals surface area contributed by atoms with Crippen molar-refractivity contribution in [3.8, 4) is 0 Å². The van der Waals surface area contributed by atoms with Crippen molar-refractivity contribution in [1.82, 2.24) is 0 Å². The number of hydrogen-bond acceptors (Lipinski definition) is 2. The molecule has 0 aromatic carbocycles. The van der Waals surface area contributed by atoms with Crippen LogP contribution in [-0.2, 0) is 4.79 Å².